The van der Waals surface area contributed by atoms with Crippen LogP contribution in [0.25, 0.3) is 0 Å². The zero-order chi connectivity index (χ0) is 15.6. The smallest absolute Gasteiger partial charge is 0.339 e. The number of benzene rings is 1. The van der Waals surface area contributed by atoms with Crippen molar-refractivity contribution in [3.8, 4) is 5.75 Å². The molecule has 8 heteroatoms. The van der Waals surface area contributed by atoms with E-state index in [1.807, 2.05) is 6.92 Å². The van der Waals surface area contributed by atoms with Gasteiger partial charge in [-0.25, -0.2) is 13.2 Å². The summed E-state index contributed by atoms with van der Waals surface area (Å²) < 4.78 is 31.5. The van der Waals surface area contributed by atoms with E-state index in [1.54, 1.807) is 11.8 Å². The van der Waals surface area contributed by atoms with Crippen LogP contribution in [0.3, 0.4) is 0 Å². The molecule has 2 rings (SSSR count). The number of carboxylic acids is 1. The number of sulfonamides is 1. The Morgan fingerprint density at radius 3 is 2.76 bits per heavy atom. The number of carboxylic acid groups (broad SMARTS) is 1. The first-order valence-corrected chi connectivity index (χ1v) is 8.88. The molecule has 1 aromatic carbocycles. The van der Waals surface area contributed by atoms with Crippen LogP contribution >= 0.6 is 11.8 Å². The van der Waals surface area contributed by atoms with Crippen molar-refractivity contribution in [1.29, 1.82) is 0 Å². The van der Waals surface area contributed by atoms with Crippen LogP contribution < -0.4 is 4.74 Å². The molecule has 1 aliphatic heterocycles. The van der Waals surface area contributed by atoms with Crippen molar-refractivity contribution >= 4 is 27.8 Å². The van der Waals surface area contributed by atoms with E-state index >= 15 is 0 Å². The maximum atomic E-state index is 12.6. The third-order valence-electron chi connectivity index (χ3n) is 3.24. The van der Waals surface area contributed by atoms with Crippen LogP contribution in [0.4, 0.5) is 0 Å². The van der Waals surface area contributed by atoms with Crippen molar-refractivity contribution < 1.29 is 23.1 Å². The monoisotopic (exact) mass is 331 g/mol. The average molecular weight is 331 g/mol. The van der Waals surface area contributed by atoms with Gasteiger partial charge in [-0.3, -0.25) is 0 Å². The first kappa shape index (κ1) is 16.1. The molecule has 0 spiro atoms. The topological polar surface area (TPSA) is 83.9 Å². The Labute approximate surface area is 128 Å². The lowest BCUT2D eigenvalue weighted by Gasteiger charge is -2.29. The van der Waals surface area contributed by atoms with Gasteiger partial charge in [-0.15, -0.1) is 0 Å². The van der Waals surface area contributed by atoms with E-state index in [0.717, 1.165) is 11.8 Å². The zero-order valence-electron chi connectivity index (χ0n) is 11.8. The SMILES string of the molecule is COc1ccc(S(=O)(=O)N2CCSC(C)C2)cc1C(=O)O. The fourth-order valence-corrected chi connectivity index (χ4v) is 4.95. The van der Waals surface area contributed by atoms with E-state index in [-0.39, 0.29) is 21.5 Å². The Morgan fingerprint density at radius 2 is 2.19 bits per heavy atom. The number of nitrogens with zero attached hydrogens (tertiary/aromatic N) is 1. The van der Waals surface area contributed by atoms with Gasteiger partial charge in [0.05, 0.1) is 12.0 Å². The maximum absolute atomic E-state index is 12.6. The zero-order valence-corrected chi connectivity index (χ0v) is 13.4. The summed E-state index contributed by atoms with van der Waals surface area (Å²) in [4.78, 5) is 11.2. The lowest BCUT2D eigenvalue weighted by atomic mass is 10.2. The van der Waals surface area contributed by atoms with Crippen LogP contribution in [0.5, 0.6) is 5.75 Å². The number of thioether (sulfide) groups is 1. The number of hydrogen-bond acceptors (Lipinski definition) is 5. The second-order valence-electron chi connectivity index (χ2n) is 4.71. The second kappa shape index (κ2) is 6.25. The molecule has 1 aliphatic rings. The number of ether oxygens (including phenoxy) is 1. The van der Waals surface area contributed by atoms with E-state index in [4.69, 9.17) is 9.84 Å². The summed E-state index contributed by atoms with van der Waals surface area (Å²) in [6, 6.07) is 3.91. The first-order valence-electron chi connectivity index (χ1n) is 6.39. The number of rotatable bonds is 4. The summed E-state index contributed by atoms with van der Waals surface area (Å²) in [5, 5.41) is 9.38. The van der Waals surface area contributed by atoms with Crippen molar-refractivity contribution in [3.63, 3.8) is 0 Å². The van der Waals surface area contributed by atoms with E-state index < -0.39 is 16.0 Å². The molecule has 0 bridgehead atoms. The van der Waals surface area contributed by atoms with Crippen molar-refractivity contribution in [2.45, 2.75) is 17.1 Å². The number of methoxy groups -OCH3 is 1. The van der Waals surface area contributed by atoms with Gasteiger partial charge in [0, 0.05) is 24.1 Å². The summed E-state index contributed by atoms with van der Waals surface area (Å²) in [6.45, 7) is 2.84. The third kappa shape index (κ3) is 3.33. The predicted molar refractivity (Wildman–Crippen MR) is 80.6 cm³/mol. The van der Waals surface area contributed by atoms with Crippen LogP contribution in [-0.2, 0) is 10.0 Å². The van der Waals surface area contributed by atoms with Gasteiger partial charge in [0.15, 0.2) is 0 Å². The van der Waals surface area contributed by atoms with Crippen LogP contribution in [0.2, 0.25) is 0 Å². The standard InChI is InChI=1S/C13H17NO5S2/c1-9-8-14(5-6-20-9)21(17,18)10-3-4-12(19-2)11(7-10)13(15)16/h3-4,7,9H,5-6,8H2,1-2H3,(H,15,16). The fourth-order valence-electron chi connectivity index (χ4n) is 2.17. The Morgan fingerprint density at radius 1 is 1.48 bits per heavy atom. The lowest BCUT2D eigenvalue weighted by Crippen LogP contribution is -2.40. The Balaban J connectivity index is 2.40. The van der Waals surface area contributed by atoms with E-state index in [9.17, 15) is 13.2 Å². The molecular formula is C13H17NO5S2. The molecule has 0 radical (unpaired) electrons. The predicted octanol–water partition coefficient (Wildman–Crippen LogP) is 1.52. The second-order valence-corrected chi connectivity index (χ2v) is 8.20. The van der Waals surface area contributed by atoms with Crippen LogP contribution in [0, 0.1) is 0 Å². The molecule has 0 saturated carbocycles. The Bertz CT molecular complexity index is 644. The number of carbonyl (C=O) groups is 1. The van der Waals surface area contributed by atoms with Crippen molar-refractivity contribution in [3.05, 3.63) is 23.8 Å². The average Bonchev–Trinajstić information content (AvgIpc) is 2.46. The summed E-state index contributed by atoms with van der Waals surface area (Å²) >= 11 is 1.73. The molecule has 21 heavy (non-hydrogen) atoms. The largest absolute Gasteiger partial charge is 0.496 e. The first-order chi connectivity index (χ1) is 9.86. The van der Waals surface area contributed by atoms with Gasteiger partial charge in [0.2, 0.25) is 10.0 Å². The van der Waals surface area contributed by atoms with Crippen LogP contribution in [-0.4, -0.2) is 55.0 Å². The molecule has 1 aromatic rings. The summed E-state index contributed by atoms with van der Waals surface area (Å²) in [7, 11) is -2.33. The van der Waals surface area contributed by atoms with Gasteiger partial charge in [-0.2, -0.15) is 16.1 Å². The van der Waals surface area contributed by atoms with Crippen molar-refractivity contribution in [2.24, 2.45) is 0 Å². The summed E-state index contributed by atoms with van der Waals surface area (Å²) in [5.41, 5.74) is -0.155. The molecule has 1 N–H and O–H groups in total. The molecule has 1 fully saturated rings. The normalized spacial score (nSPS) is 20.2. The summed E-state index contributed by atoms with van der Waals surface area (Å²) in [5.74, 6) is -0.335. The lowest BCUT2D eigenvalue weighted by molar-refractivity contribution is 0.0693. The maximum Gasteiger partial charge on any atom is 0.339 e. The molecule has 0 aliphatic carbocycles. The molecule has 6 nitrogen and oxygen atoms in total. The molecule has 1 unspecified atom stereocenters. The van der Waals surface area contributed by atoms with Gasteiger partial charge in [-0.1, -0.05) is 6.92 Å². The van der Waals surface area contributed by atoms with Gasteiger partial charge in [-0.05, 0) is 18.2 Å². The van der Waals surface area contributed by atoms with Gasteiger partial charge < -0.3 is 9.84 Å². The van der Waals surface area contributed by atoms with Gasteiger partial charge >= 0.3 is 5.97 Å². The molecule has 0 amide bonds. The molecule has 0 aromatic heterocycles. The minimum Gasteiger partial charge on any atom is -0.496 e. The molecule has 1 heterocycles. The quantitative estimate of drug-likeness (QED) is 0.900. The highest BCUT2D eigenvalue weighted by molar-refractivity contribution is 8.00. The highest BCUT2D eigenvalue weighted by Crippen LogP contribution is 2.27. The number of hydrogen-bond donors (Lipinski definition) is 1. The fraction of sp³-hybridized carbons (Fsp3) is 0.462. The minimum absolute atomic E-state index is 0.0141. The Hall–Kier alpha value is -1.25. The number of aromatic carboxylic acids is 1. The molecule has 1 saturated heterocycles. The minimum atomic E-state index is -3.67. The van der Waals surface area contributed by atoms with Crippen molar-refractivity contribution in [2.75, 3.05) is 26.0 Å². The van der Waals surface area contributed by atoms with E-state index in [2.05, 4.69) is 0 Å². The molecule has 116 valence electrons. The highest BCUT2D eigenvalue weighted by Gasteiger charge is 2.30. The third-order valence-corrected chi connectivity index (χ3v) is 6.24. The Kier molecular flexibility index (Phi) is 4.80. The van der Waals surface area contributed by atoms with Gasteiger partial charge in [0.25, 0.3) is 0 Å². The molecule has 1 atom stereocenters. The van der Waals surface area contributed by atoms with Gasteiger partial charge in [0.1, 0.15) is 11.3 Å². The van der Waals surface area contributed by atoms with Crippen LogP contribution in [0.15, 0.2) is 23.1 Å². The molecular weight excluding hydrogens is 314 g/mol. The highest BCUT2D eigenvalue weighted by atomic mass is 32.2. The summed E-state index contributed by atoms with van der Waals surface area (Å²) in [6.07, 6.45) is 0. The van der Waals surface area contributed by atoms with Crippen molar-refractivity contribution in [1.82, 2.24) is 4.31 Å². The van der Waals surface area contributed by atoms with E-state index in [1.165, 1.54) is 23.5 Å². The van der Waals surface area contributed by atoms with E-state index in [0.29, 0.717) is 13.1 Å². The van der Waals surface area contributed by atoms with Crippen LogP contribution in [0.1, 0.15) is 17.3 Å².